The Labute approximate surface area is 227 Å². The molecule has 2 saturated carbocycles. The number of anilines is 1. The van der Waals surface area contributed by atoms with Gasteiger partial charge in [-0.25, -0.2) is 9.78 Å². The molecule has 2 atom stereocenters. The summed E-state index contributed by atoms with van der Waals surface area (Å²) in [5.74, 6) is 0.468. The van der Waals surface area contributed by atoms with Crippen molar-refractivity contribution >= 4 is 55.9 Å². The standard InChI is InChI=1S/C27H24Cl2N4O3S/c28-19-2-1-3-20(29)23(19)24-18(25(36-32-24)13-4-5-13)12-30-15-9-16-11-17(10-15)33(16)27-31-21-7-6-14(26(34)35)8-22(21)37-27/h1-3,6-8,13,15-17,30H,4-5,9-12H2,(H,34,35). The van der Waals surface area contributed by atoms with Crippen molar-refractivity contribution in [2.45, 2.75) is 62.7 Å². The topological polar surface area (TPSA) is 91.5 Å². The fraction of sp³-hybridized carbons (Fsp3) is 0.370. The van der Waals surface area contributed by atoms with Gasteiger partial charge >= 0.3 is 5.97 Å². The summed E-state index contributed by atoms with van der Waals surface area (Å²) >= 11 is 14.6. The van der Waals surface area contributed by atoms with Crippen molar-refractivity contribution in [1.29, 1.82) is 0 Å². The fourth-order valence-corrected chi connectivity index (χ4v) is 7.56. The molecule has 2 unspecified atom stereocenters. The Bertz CT molecular complexity index is 1500. The maximum absolute atomic E-state index is 11.3. The first-order chi connectivity index (χ1) is 18.0. The van der Waals surface area contributed by atoms with Gasteiger partial charge in [-0.3, -0.25) is 0 Å². The zero-order valence-corrected chi connectivity index (χ0v) is 22.1. The van der Waals surface area contributed by atoms with Crippen LogP contribution in [0.1, 0.15) is 59.7 Å². The number of carboxylic acids is 1. The second-order valence-corrected chi connectivity index (χ2v) is 12.1. The van der Waals surface area contributed by atoms with E-state index in [1.165, 1.54) is 0 Å². The maximum atomic E-state index is 11.3. The zero-order valence-electron chi connectivity index (χ0n) is 19.8. The van der Waals surface area contributed by atoms with E-state index in [0.717, 1.165) is 70.0 Å². The molecule has 190 valence electrons. The Kier molecular flexibility index (Phi) is 5.69. The van der Waals surface area contributed by atoms with Crippen LogP contribution >= 0.6 is 34.5 Å². The van der Waals surface area contributed by atoms with E-state index in [9.17, 15) is 9.90 Å². The third-order valence-corrected chi connectivity index (χ3v) is 9.48. The average molecular weight is 555 g/mol. The minimum Gasteiger partial charge on any atom is -0.478 e. The molecule has 2 N–H and O–H groups in total. The van der Waals surface area contributed by atoms with Gasteiger partial charge in [-0.15, -0.1) is 0 Å². The number of aromatic nitrogens is 2. The van der Waals surface area contributed by atoms with Crippen LogP contribution in [0.3, 0.4) is 0 Å². The number of nitrogens with zero attached hydrogens (tertiary/aromatic N) is 3. The Balaban J connectivity index is 1.08. The molecule has 0 radical (unpaired) electrons. The predicted octanol–water partition coefficient (Wildman–Crippen LogP) is 6.73. The summed E-state index contributed by atoms with van der Waals surface area (Å²) in [6.45, 7) is 0.662. The van der Waals surface area contributed by atoms with Gasteiger partial charge in [0.25, 0.3) is 0 Å². The van der Waals surface area contributed by atoms with Gasteiger partial charge in [0, 0.05) is 41.7 Å². The first-order valence-electron chi connectivity index (χ1n) is 12.5. The number of aromatic carboxylic acids is 1. The molecule has 4 fully saturated rings. The molecule has 10 heteroatoms. The summed E-state index contributed by atoms with van der Waals surface area (Å²) in [4.78, 5) is 18.6. The van der Waals surface area contributed by atoms with E-state index in [1.807, 2.05) is 18.2 Å². The van der Waals surface area contributed by atoms with Crippen LogP contribution in [0.15, 0.2) is 40.9 Å². The van der Waals surface area contributed by atoms with Gasteiger partial charge in [-0.2, -0.15) is 0 Å². The van der Waals surface area contributed by atoms with Crippen LogP contribution in [0.5, 0.6) is 0 Å². The number of benzene rings is 2. The van der Waals surface area contributed by atoms with E-state index in [4.69, 9.17) is 32.7 Å². The van der Waals surface area contributed by atoms with Crippen LogP contribution in [0.2, 0.25) is 10.0 Å². The molecule has 2 bridgehead atoms. The quantitative estimate of drug-likeness (QED) is 0.261. The SMILES string of the molecule is O=C(O)c1ccc2nc(N3C4CC(NCc5c(-c6c(Cl)cccc6Cl)noc5C5CC5)CC3C4)sc2c1. The first kappa shape index (κ1) is 23.5. The van der Waals surface area contributed by atoms with Crippen molar-refractivity contribution in [3.05, 3.63) is 63.3 Å². The summed E-state index contributed by atoms with van der Waals surface area (Å²) in [6.07, 6.45) is 5.46. The smallest absolute Gasteiger partial charge is 0.335 e. The van der Waals surface area contributed by atoms with E-state index < -0.39 is 5.97 Å². The van der Waals surface area contributed by atoms with Crippen molar-refractivity contribution in [3.8, 4) is 11.3 Å². The lowest BCUT2D eigenvalue weighted by molar-refractivity contribution is 0.0697. The van der Waals surface area contributed by atoms with E-state index >= 15 is 0 Å². The number of hydrogen-bond acceptors (Lipinski definition) is 7. The molecule has 2 aliphatic carbocycles. The number of carbonyl (C=O) groups is 1. The second kappa shape index (κ2) is 8.98. The Morgan fingerprint density at radius 1 is 1.14 bits per heavy atom. The number of piperidine rings is 1. The molecule has 4 aliphatic rings. The third kappa shape index (κ3) is 4.11. The van der Waals surface area contributed by atoms with E-state index in [1.54, 1.807) is 29.5 Å². The van der Waals surface area contributed by atoms with Gasteiger partial charge in [0.05, 0.1) is 25.8 Å². The van der Waals surface area contributed by atoms with Crippen LogP contribution in [0.4, 0.5) is 5.13 Å². The summed E-state index contributed by atoms with van der Waals surface area (Å²) < 4.78 is 6.74. The Hall–Kier alpha value is -2.65. The van der Waals surface area contributed by atoms with Crippen molar-refractivity contribution in [2.75, 3.05) is 4.90 Å². The number of carboxylic acid groups (broad SMARTS) is 1. The predicted molar refractivity (Wildman–Crippen MR) is 145 cm³/mol. The van der Waals surface area contributed by atoms with Crippen LogP contribution < -0.4 is 10.2 Å². The average Bonchev–Trinajstić information content (AvgIpc) is 3.50. The highest BCUT2D eigenvalue weighted by atomic mass is 35.5. The largest absolute Gasteiger partial charge is 0.478 e. The van der Waals surface area contributed by atoms with Gasteiger partial charge in [0.1, 0.15) is 11.5 Å². The normalized spacial score (nSPS) is 22.9. The summed E-state index contributed by atoms with van der Waals surface area (Å²) in [5, 5.41) is 19.6. The summed E-state index contributed by atoms with van der Waals surface area (Å²) in [6, 6.07) is 11.9. The van der Waals surface area contributed by atoms with Gasteiger partial charge in [0.2, 0.25) is 0 Å². The molecule has 4 aromatic rings. The minimum atomic E-state index is -0.913. The first-order valence-corrected chi connectivity index (χ1v) is 14.1. The number of thiazole rings is 1. The molecule has 37 heavy (non-hydrogen) atoms. The molecule has 0 amide bonds. The van der Waals surface area contributed by atoms with Crippen molar-refractivity contribution in [3.63, 3.8) is 0 Å². The van der Waals surface area contributed by atoms with Crippen LogP contribution in [0, 0.1) is 0 Å². The summed E-state index contributed by atoms with van der Waals surface area (Å²) in [5.41, 5.74) is 3.69. The molecule has 7 nitrogen and oxygen atoms in total. The molecule has 8 rings (SSSR count). The van der Waals surface area contributed by atoms with Crippen LogP contribution in [0.25, 0.3) is 21.5 Å². The molecule has 4 heterocycles. The molecular formula is C27H24Cl2N4O3S. The van der Waals surface area contributed by atoms with Gasteiger partial charge in [-0.1, -0.05) is 45.8 Å². The van der Waals surface area contributed by atoms with Crippen LogP contribution in [-0.4, -0.2) is 39.3 Å². The maximum Gasteiger partial charge on any atom is 0.335 e. The summed E-state index contributed by atoms with van der Waals surface area (Å²) in [7, 11) is 0. The lowest BCUT2D eigenvalue weighted by Crippen LogP contribution is -2.64. The van der Waals surface area contributed by atoms with Crippen molar-refractivity contribution in [2.24, 2.45) is 0 Å². The van der Waals surface area contributed by atoms with Gasteiger partial charge in [0.15, 0.2) is 5.13 Å². The third-order valence-electron chi connectivity index (χ3n) is 7.82. The monoisotopic (exact) mass is 554 g/mol. The van der Waals surface area contributed by atoms with Crippen molar-refractivity contribution < 1.29 is 14.4 Å². The highest BCUT2D eigenvalue weighted by Crippen LogP contribution is 2.47. The lowest BCUT2D eigenvalue weighted by atomic mass is 9.77. The highest BCUT2D eigenvalue weighted by molar-refractivity contribution is 7.22. The molecule has 2 aromatic heterocycles. The Morgan fingerprint density at radius 2 is 1.89 bits per heavy atom. The molecule has 2 aliphatic heterocycles. The number of hydrogen-bond donors (Lipinski definition) is 2. The molecule has 2 aromatic carbocycles. The second-order valence-electron chi connectivity index (χ2n) is 10.2. The van der Waals surface area contributed by atoms with E-state index in [-0.39, 0.29) is 0 Å². The lowest BCUT2D eigenvalue weighted by Gasteiger charge is -2.55. The fourth-order valence-electron chi connectivity index (χ4n) is 5.83. The minimum absolute atomic E-state index is 0.299. The number of nitrogens with one attached hydrogen (secondary N) is 1. The van der Waals surface area contributed by atoms with Crippen molar-refractivity contribution in [1.82, 2.24) is 15.5 Å². The molecule has 2 saturated heterocycles. The number of rotatable bonds is 7. The number of fused-ring (bicyclic) bond motifs is 3. The zero-order chi connectivity index (χ0) is 25.3. The molecule has 0 spiro atoms. The molecular weight excluding hydrogens is 531 g/mol. The van der Waals surface area contributed by atoms with Gasteiger partial charge < -0.3 is 19.8 Å². The van der Waals surface area contributed by atoms with E-state index in [2.05, 4.69) is 15.4 Å². The van der Waals surface area contributed by atoms with Crippen LogP contribution in [-0.2, 0) is 6.54 Å². The number of halogens is 2. The Morgan fingerprint density at radius 3 is 2.59 bits per heavy atom. The van der Waals surface area contributed by atoms with E-state index in [0.29, 0.717) is 46.2 Å². The van der Waals surface area contributed by atoms with Gasteiger partial charge in [-0.05, 0) is 62.4 Å². The highest BCUT2D eigenvalue weighted by Gasteiger charge is 2.46.